The Hall–Kier alpha value is -3.26. The molecule has 1 unspecified atom stereocenters. The van der Waals surface area contributed by atoms with Crippen molar-refractivity contribution < 1.29 is 18.7 Å². The van der Waals surface area contributed by atoms with E-state index in [1.165, 1.54) is 0 Å². The summed E-state index contributed by atoms with van der Waals surface area (Å²) in [6.07, 6.45) is 3.56. The van der Waals surface area contributed by atoms with Crippen LogP contribution in [-0.4, -0.2) is 36.5 Å². The second kappa shape index (κ2) is 7.53. The monoisotopic (exact) mass is 408 g/mol. The zero-order valence-electron chi connectivity index (χ0n) is 16.4. The van der Waals surface area contributed by atoms with Crippen LogP contribution in [0.5, 0.6) is 11.5 Å². The van der Waals surface area contributed by atoms with Crippen LogP contribution in [0.2, 0.25) is 0 Å². The van der Waals surface area contributed by atoms with Crippen LogP contribution in [0.15, 0.2) is 45.1 Å². The van der Waals surface area contributed by atoms with E-state index in [1.807, 2.05) is 6.07 Å². The Morgan fingerprint density at radius 3 is 3.07 bits per heavy atom. The first kappa shape index (κ1) is 18.7. The van der Waals surface area contributed by atoms with E-state index in [4.69, 9.17) is 9.15 Å². The van der Waals surface area contributed by atoms with Crippen LogP contribution in [0, 0.1) is 5.92 Å². The molecule has 8 heteroatoms. The number of halogens is 1. The first-order valence-electron chi connectivity index (χ1n) is 9.90. The molecule has 1 fully saturated rings. The van der Waals surface area contributed by atoms with E-state index in [-0.39, 0.29) is 17.4 Å². The molecule has 2 aliphatic heterocycles. The molecule has 2 aromatic heterocycles. The van der Waals surface area contributed by atoms with Crippen molar-refractivity contribution in [3.05, 3.63) is 47.3 Å². The molecule has 0 spiro atoms. The van der Waals surface area contributed by atoms with Gasteiger partial charge in [-0.2, -0.15) is 0 Å². The van der Waals surface area contributed by atoms with Gasteiger partial charge < -0.3 is 19.6 Å². The van der Waals surface area contributed by atoms with Gasteiger partial charge in [-0.3, -0.25) is 0 Å². The summed E-state index contributed by atoms with van der Waals surface area (Å²) in [4.78, 5) is 4.17. The van der Waals surface area contributed by atoms with Crippen molar-refractivity contribution >= 4 is 28.6 Å². The van der Waals surface area contributed by atoms with E-state index in [0.29, 0.717) is 41.2 Å². The highest BCUT2D eigenvalue weighted by molar-refractivity contribution is 5.95. The summed E-state index contributed by atoms with van der Waals surface area (Å²) >= 11 is 0. The normalized spacial score (nSPS) is 22.0. The van der Waals surface area contributed by atoms with Crippen LogP contribution in [0.4, 0.5) is 10.2 Å². The number of fused-ring (bicyclic) bond motifs is 2. The SMILES string of the molecule is COc1ccc2c(O)c(C=C3N=Nc4ncccc43)oc2c1CC1CCNC[C@H]1F. The Morgan fingerprint density at radius 2 is 2.23 bits per heavy atom. The number of hydrogen-bond acceptors (Lipinski definition) is 7. The number of aromatic nitrogens is 1. The molecule has 0 amide bonds. The van der Waals surface area contributed by atoms with Crippen molar-refractivity contribution in [2.45, 2.75) is 19.0 Å². The summed E-state index contributed by atoms with van der Waals surface area (Å²) in [6, 6.07) is 7.20. The number of pyridine rings is 1. The van der Waals surface area contributed by atoms with Crippen LogP contribution in [0.25, 0.3) is 22.7 Å². The van der Waals surface area contributed by atoms with Gasteiger partial charge >= 0.3 is 0 Å². The van der Waals surface area contributed by atoms with Gasteiger partial charge in [0.15, 0.2) is 17.3 Å². The van der Waals surface area contributed by atoms with Crippen molar-refractivity contribution in [1.29, 1.82) is 0 Å². The molecule has 30 heavy (non-hydrogen) atoms. The Bertz CT molecular complexity index is 1170. The largest absolute Gasteiger partial charge is 0.504 e. The number of piperidine rings is 1. The van der Waals surface area contributed by atoms with Gasteiger partial charge in [0, 0.05) is 29.9 Å². The number of alkyl halides is 1. The average molecular weight is 408 g/mol. The van der Waals surface area contributed by atoms with Gasteiger partial charge in [0.25, 0.3) is 0 Å². The van der Waals surface area contributed by atoms with Gasteiger partial charge in [0.2, 0.25) is 0 Å². The average Bonchev–Trinajstić information content (AvgIpc) is 3.32. The molecule has 0 radical (unpaired) electrons. The molecule has 3 aromatic rings. The van der Waals surface area contributed by atoms with Gasteiger partial charge in [0.05, 0.1) is 12.5 Å². The lowest BCUT2D eigenvalue weighted by Crippen LogP contribution is -2.38. The number of aromatic hydroxyl groups is 1. The lowest BCUT2D eigenvalue weighted by molar-refractivity contribution is 0.179. The van der Waals surface area contributed by atoms with E-state index in [2.05, 4.69) is 20.5 Å². The second-order valence-corrected chi connectivity index (χ2v) is 7.52. The van der Waals surface area contributed by atoms with Crippen molar-refractivity contribution in [3.8, 4) is 11.5 Å². The van der Waals surface area contributed by atoms with Gasteiger partial charge in [-0.05, 0) is 49.6 Å². The Morgan fingerprint density at radius 1 is 1.33 bits per heavy atom. The summed E-state index contributed by atoms with van der Waals surface area (Å²) in [5, 5.41) is 22.6. The number of methoxy groups -OCH3 is 1. The smallest absolute Gasteiger partial charge is 0.183 e. The molecule has 2 aliphatic rings. The first-order valence-corrected chi connectivity index (χ1v) is 9.90. The first-order chi connectivity index (χ1) is 14.7. The predicted molar refractivity (Wildman–Crippen MR) is 111 cm³/mol. The highest BCUT2D eigenvalue weighted by Gasteiger charge is 2.28. The predicted octanol–water partition coefficient (Wildman–Crippen LogP) is 4.63. The minimum absolute atomic E-state index is 0.0102. The summed E-state index contributed by atoms with van der Waals surface area (Å²) in [5.41, 5.74) is 2.60. The highest BCUT2D eigenvalue weighted by Crippen LogP contribution is 2.42. The maximum Gasteiger partial charge on any atom is 0.183 e. The molecule has 5 rings (SSSR count). The molecule has 0 saturated carbocycles. The van der Waals surface area contributed by atoms with Crippen LogP contribution >= 0.6 is 0 Å². The molecule has 0 bridgehead atoms. The number of nitrogens with one attached hydrogen (secondary N) is 1. The number of nitrogens with zero attached hydrogens (tertiary/aromatic N) is 3. The number of rotatable bonds is 4. The molecule has 1 saturated heterocycles. The fraction of sp³-hybridized carbons (Fsp3) is 0.318. The van der Waals surface area contributed by atoms with E-state index in [0.717, 1.165) is 24.1 Å². The Labute approximate surface area is 172 Å². The molecule has 7 nitrogen and oxygen atoms in total. The van der Waals surface area contributed by atoms with Crippen LogP contribution in [0.1, 0.15) is 23.3 Å². The highest BCUT2D eigenvalue weighted by atomic mass is 19.1. The zero-order chi connectivity index (χ0) is 20.7. The number of benzene rings is 1. The lowest BCUT2D eigenvalue weighted by atomic mass is 9.88. The summed E-state index contributed by atoms with van der Waals surface area (Å²) in [5.74, 6) is 1.29. The van der Waals surface area contributed by atoms with E-state index in [9.17, 15) is 9.50 Å². The van der Waals surface area contributed by atoms with Crippen LogP contribution in [0.3, 0.4) is 0 Å². The van der Waals surface area contributed by atoms with Crippen molar-refractivity contribution in [1.82, 2.24) is 10.3 Å². The van der Waals surface area contributed by atoms with Gasteiger partial charge in [0.1, 0.15) is 23.2 Å². The van der Waals surface area contributed by atoms with E-state index >= 15 is 0 Å². The number of azo groups is 1. The number of furan rings is 1. The molecule has 4 heterocycles. The van der Waals surface area contributed by atoms with Gasteiger partial charge in [-0.25, -0.2) is 9.37 Å². The lowest BCUT2D eigenvalue weighted by Gasteiger charge is -2.27. The van der Waals surface area contributed by atoms with E-state index < -0.39 is 6.17 Å². The molecule has 154 valence electrons. The second-order valence-electron chi connectivity index (χ2n) is 7.52. The molecule has 1 aromatic carbocycles. The van der Waals surface area contributed by atoms with E-state index in [1.54, 1.807) is 37.6 Å². The number of ether oxygens (including phenoxy) is 1. The van der Waals surface area contributed by atoms with Crippen molar-refractivity contribution in [2.75, 3.05) is 20.2 Å². The molecule has 0 aliphatic carbocycles. The van der Waals surface area contributed by atoms with Crippen LogP contribution in [-0.2, 0) is 6.42 Å². The molecular weight excluding hydrogens is 387 g/mol. The summed E-state index contributed by atoms with van der Waals surface area (Å²) < 4.78 is 26.0. The summed E-state index contributed by atoms with van der Waals surface area (Å²) in [7, 11) is 1.58. The topological polar surface area (TPSA) is 92.2 Å². The molecular formula is C22H21FN4O3. The fourth-order valence-corrected chi connectivity index (χ4v) is 4.12. The third kappa shape index (κ3) is 3.13. The fourth-order valence-electron chi connectivity index (χ4n) is 4.12. The minimum atomic E-state index is -0.938. The third-order valence-electron chi connectivity index (χ3n) is 5.73. The van der Waals surface area contributed by atoms with Crippen LogP contribution < -0.4 is 10.1 Å². The quantitative estimate of drug-likeness (QED) is 0.657. The summed E-state index contributed by atoms with van der Waals surface area (Å²) in [6.45, 7) is 1.13. The Kier molecular flexibility index (Phi) is 4.71. The number of hydrogen-bond donors (Lipinski definition) is 2. The van der Waals surface area contributed by atoms with Gasteiger partial charge in [-0.15, -0.1) is 10.2 Å². The van der Waals surface area contributed by atoms with Crippen molar-refractivity contribution in [3.63, 3.8) is 0 Å². The zero-order valence-corrected chi connectivity index (χ0v) is 16.4. The third-order valence-corrected chi connectivity index (χ3v) is 5.73. The van der Waals surface area contributed by atoms with Gasteiger partial charge in [-0.1, -0.05) is 0 Å². The maximum absolute atomic E-state index is 14.4. The van der Waals surface area contributed by atoms with Crippen molar-refractivity contribution in [2.24, 2.45) is 16.1 Å². The standard InChI is InChI=1S/C22H21FN4O3/c1-29-18-5-4-14-20(28)19(10-17-13-3-2-7-25-22(13)27-26-17)30-21(14)15(18)9-12-6-8-24-11-16(12)23/h2-5,7,10,12,16,24,28H,6,8-9,11H2,1H3/t12?,16-/m1/s1. The minimum Gasteiger partial charge on any atom is -0.504 e. The molecule has 2 N–H and O–H groups in total. The molecule has 2 atom stereocenters. The Balaban J connectivity index is 1.58. The maximum atomic E-state index is 14.4.